The number of hydrogen-bond acceptors (Lipinski definition) is 3. The highest BCUT2D eigenvalue weighted by atomic mass is 14.8. The van der Waals surface area contributed by atoms with Gasteiger partial charge in [0.05, 0.1) is 11.7 Å². The fourth-order valence-corrected chi connectivity index (χ4v) is 0.716. The minimum absolute atomic E-state index is 0.124. The molecule has 3 heteroatoms. The number of nitrogens with two attached hydrogens (primary N) is 2. The lowest BCUT2D eigenvalue weighted by molar-refractivity contribution is 0.711. The summed E-state index contributed by atoms with van der Waals surface area (Å²) in [5.41, 5.74) is 11.8. The van der Waals surface area contributed by atoms with Crippen molar-refractivity contribution in [1.29, 1.82) is 0 Å². The van der Waals surface area contributed by atoms with Gasteiger partial charge in [0.1, 0.15) is 0 Å². The van der Waals surface area contributed by atoms with Gasteiger partial charge in [0.2, 0.25) is 0 Å². The van der Waals surface area contributed by atoms with Crippen molar-refractivity contribution >= 4 is 0 Å². The Kier molecular flexibility index (Phi) is 2.36. The van der Waals surface area contributed by atoms with E-state index in [9.17, 15) is 0 Å². The molecule has 1 unspecified atom stereocenters. The number of rotatable bonds is 2. The second-order valence-electron chi connectivity index (χ2n) is 2.10. The van der Waals surface area contributed by atoms with Crippen LogP contribution in [0.25, 0.3) is 0 Å². The third-order valence-corrected chi connectivity index (χ3v) is 1.32. The van der Waals surface area contributed by atoms with Gasteiger partial charge in [0, 0.05) is 12.7 Å². The van der Waals surface area contributed by atoms with Crippen molar-refractivity contribution in [2.75, 3.05) is 6.54 Å². The highest BCUT2D eigenvalue weighted by molar-refractivity contribution is 5.07. The van der Waals surface area contributed by atoms with Crippen molar-refractivity contribution in [3.8, 4) is 0 Å². The molecule has 0 aliphatic rings. The highest BCUT2D eigenvalue weighted by Gasteiger charge is 2.01. The first-order chi connectivity index (χ1) is 4.84. The van der Waals surface area contributed by atoms with Gasteiger partial charge in [-0.15, -0.1) is 0 Å². The summed E-state index contributed by atoms with van der Waals surface area (Å²) in [5, 5.41) is 0. The van der Waals surface area contributed by atoms with E-state index in [4.69, 9.17) is 11.5 Å². The van der Waals surface area contributed by atoms with E-state index in [1.54, 1.807) is 6.20 Å². The van der Waals surface area contributed by atoms with Crippen LogP contribution in [-0.4, -0.2) is 11.5 Å². The average molecular weight is 137 g/mol. The standard InChI is InChI=1S/C7H11N3/c8-5-6(9)7-3-1-2-4-10-7/h1-4,6H,5,8-9H2. The molecule has 0 saturated carbocycles. The van der Waals surface area contributed by atoms with Crippen LogP contribution in [0.15, 0.2) is 24.4 Å². The Balaban J connectivity index is 2.75. The van der Waals surface area contributed by atoms with Crippen LogP contribution in [0.2, 0.25) is 0 Å². The summed E-state index contributed by atoms with van der Waals surface area (Å²) >= 11 is 0. The van der Waals surface area contributed by atoms with Crippen molar-refractivity contribution in [2.45, 2.75) is 6.04 Å². The van der Waals surface area contributed by atoms with Crippen molar-refractivity contribution in [3.05, 3.63) is 30.1 Å². The number of hydrogen-bond donors (Lipinski definition) is 2. The van der Waals surface area contributed by atoms with Gasteiger partial charge < -0.3 is 11.5 Å². The van der Waals surface area contributed by atoms with Gasteiger partial charge in [0.25, 0.3) is 0 Å². The van der Waals surface area contributed by atoms with Crippen LogP contribution >= 0.6 is 0 Å². The van der Waals surface area contributed by atoms with Crippen LogP contribution in [0.1, 0.15) is 11.7 Å². The zero-order valence-corrected chi connectivity index (χ0v) is 5.70. The maximum absolute atomic E-state index is 5.61. The first kappa shape index (κ1) is 7.18. The molecule has 1 aromatic heterocycles. The molecule has 0 aromatic carbocycles. The third-order valence-electron chi connectivity index (χ3n) is 1.32. The van der Waals surface area contributed by atoms with Crippen molar-refractivity contribution in [2.24, 2.45) is 11.5 Å². The summed E-state index contributed by atoms with van der Waals surface area (Å²) in [6.45, 7) is 0.441. The fourth-order valence-electron chi connectivity index (χ4n) is 0.716. The molecule has 1 aromatic rings. The first-order valence-corrected chi connectivity index (χ1v) is 3.21. The quantitative estimate of drug-likeness (QED) is 0.605. The van der Waals surface area contributed by atoms with Gasteiger partial charge in [-0.1, -0.05) is 6.07 Å². The Morgan fingerprint density at radius 1 is 1.50 bits per heavy atom. The SMILES string of the molecule is NCC(N)c1ccccn1. The molecule has 0 aliphatic carbocycles. The molecule has 0 radical (unpaired) electrons. The Morgan fingerprint density at radius 3 is 2.80 bits per heavy atom. The van der Waals surface area contributed by atoms with E-state index in [2.05, 4.69) is 4.98 Å². The Labute approximate surface area is 60.1 Å². The Bertz CT molecular complexity index is 185. The van der Waals surface area contributed by atoms with E-state index in [1.807, 2.05) is 18.2 Å². The largest absolute Gasteiger partial charge is 0.329 e. The van der Waals surface area contributed by atoms with Gasteiger partial charge in [-0.25, -0.2) is 0 Å². The minimum atomic E-state index is -0.124. The fraction of sp³-hybridized carbons (Fsp3) is 0.286. The van der Waals surface area contributed by atoms with E-state index in [1.165, 1.54) is 0 Å². The normalized spacial score (nSPS) is 13.0. The van der Waals surface area contributed by atoms with Crippen LogP contribution in [0.4, 0.5) is 0 Å². The molecule has 0 amide bonds. The molecule has 0 spiro atoms. The summed E-state index contributed by atoms with van der Waals surface area (Å²) < 4.78 is 0. The summed E-state index contributed by atoms with van der Waals surface area (Å²) in [4.78, 5) is 4.04. The lowest BCUT2D eigenvalue weighted by Crippen LogP contribution is -2.21. The summed E-state index contributed by atoms with van der Waals surface area (Å²) in [5.74, 6) is 0. The van der Waals surface area contributed by atoms with Gasteiger partial charge in [-0.2, -0.15) is 0 Å². The van der Waals surface area contributed by atoms with Gasteiger partial charge in [-0.3, -0.25) is 4.98 Å². The molecule has 1 atom stereocenters. The van der Waals surface area contributed by atoms with Crippen molar-refractivity contribution < 1.29 is 0 Å². The molecular formula is C7H11N3. The van der Waals surface area contributed by atoms with E-state index < -0.39 is 0 Å². The van der Waals surface area contributed by atoms with Crippen LogP contribution in [0.3, 0.4) is 0 Å². The van der Waals surface area contributed by atoms with Gasteiger partial charge in [-0.05, 0) is 12.1 Å². The van der Waals surface area contributed by atoms with Crippen LogP contribution < -0.4 is 11.5 Å². The first-order valence-electron chi connectivity index (χ1n) is 3.21. The lowest BCUT2D eigenvalue weighted by atomic mass is 10.2. The Morgan fingerprint density at radius 2 is 2.30 bits per heavy atom. The second kappa shape index (κ2) is 3.29. The van der Waals surface area contributed by atoms with Crippen molar-refractivity contribution in [3.63, 3.8) is 0 Å². The van der Waals surface area contributed by atoms with E-state index in [-0.39, 0.29) is 6.04 Å². The van der Waals surface area contributed by atoms with Gasteiger partial charge in [0.15, 0.2) is 0 Å². The zero-order chi connectivity index (χ0) is 7.40. The molecule has 0 saturated heterocycles. The number of nitrogens with zero attached hydrogens (tertiary/aromatic N) is 1. The van der Waals surface area contributed by atoms with Crippen LogP contribution in [0, 0.1) is 0 Å². The Hall–Kier alpha value is -0.930. The topological polar surface area (TPSA) is 64.9 Å². The predicted molar refractivity (Wildman–Crippen MR) is 40.2 cm³/mol. The second-order valence-corrected chi connectivity index (χ2v) is 2.10. The molecule has 54 valence electrons. The maximum atomic E-state index is 5.61. The third kappa shape index (κ3) is 1.52. The summed E-state index contributed by atoms with van der Waals surface area (Å²) in [6.07, 6.45) is 1.71. The molecule has 0 aliphatic heterocycles. The van der Waals surface area contributed by atoms with Crippen molar-refractivity contribution in [1.82, 2.24) is 4.98 Å². The number of pyridine rings is 1. The number of aromatic nitrogens is 1. The molecular weight excluding hydrogens is 126 g/mol. The summed E-state index contributed by atoms with van der Waals surface area (Å²) in [7, 11) is 0. The van der Waals surface area contributed by atoms with E-state index in [0.29, 0.717) is 6.54 Å². The summed E-state index contributed by atoms with van der Waals surface area (Å²) in [6, 6.07) is 5.50. The van der Waals surface area contributed by atoms with E-state index in [0.717, 1.165) is 5.69 Å². The molecule has 0 fully saturated rings. The molecule has 1 heterocycles. The molecule has 3 nitrogen and oxygen atoms in total. The smallest absolute Gasteiger partial charge is 0.0594 e. The zero-order valence-electron chi connectivity index (χ0n) is 5.70. The molecule has 0 bridgehead atoms. The molecule has 1 rings (SSSR count). The average Bonchev–Trinajstić information content (AvgIpc) is 2.05. The van der Waals surface area contributed by atoms with Crippen LogP contribution in [0.5, 0.6) is 0 Å². The van der Waals surface area contributed by atoms with Gasteiger partial charge >= 0.3 is 0 Å². The van der Waals surface area contributed by atoms with E-state index >= 15 is 0 Å². The molecule has 10 heavy (non-hydrogen) atoms. The highest BCUT2D eigenvalue weighted by Crippen LogP contribution is 2.02. The minimum Gasteiger partial charge on any atom is -0.329 e. The predicted octanol–water partition coefficient (Wildman–Crippen LogP) is 0.0401. The van der Waals surface area contributed by atoms with Crippen LogP contribution in [-0.2, 0) is 0 Å². The lowest BCUT2D eigenvalue weighted by Gasteiger charge is -2.05. The molecule has 4 N–H and O–H groups in total. The maximum Gasteiger partial charge on any atom is 0.0594 e. The monoisotopic (exact) mass is 137 g/mol.